The largest absolute Gasteiger partial charge is 0.489 e. The van der Waals surface area contributed by atoms with E-state index in [9.17, 15) is 22.8 Å². The summed E-state index contributed by atoms with van der Waals surface area (Å²) < 4.78 is 45.1. The zero-order valence-corrected chi connectivity index (χ0v) is 16.5. The van der Waals surface area contributed by atoms with Crippen LogP contribution in [-0.4, -0.2) is 17.5 Å². The molecule has 0 aromatic heterocycles. The van der Waals surface area contributed by atoms with E-state index in [1.807, 2.05) is 0 Å². The summed E-state index contributed by atoms with van der Waals surface area (Å²) in [5.74, 6) is 0.0129. The predicted molar refractivity (Wildman–Crippen MR) is 104 cm³/mol. The van der Waals surface area contributed by atoms with E-state index in [1.54, 1.807) is 0 Å². The lowest BCUT2D eigenvalue weighted by molar-refractivity contribution is -0.138. The molecule has 1 aliphatic heterocycles. The van der Waals surface area contributed by atoms with Gasteiger partial charge in [0.15, 0.2) is 0 Å². The summed E-state index contributed by atoms with van der Waals surface area (Å²) in [7, 11) is 0. The molecule has 1 saturated heterocycles. The molecule has 2 aromatic rings. The normalized spacial score (nSPS) is 18.2. The molecule has 0 atom stereocenters. The van der Waals surface area contributed by atoms with E-state index in [4.69, 9.17) is 16.3 Å². The molecule has 1 spiro atoms. The Bertz CT molecular complexity index is 986. The minimum absolute atomic E-state index is 0.0392. The van der Waals surface area contributed by atoms with Crippen LogP contribution in [0.1, 0.15) is 36.8 Å². The summed E-state index contributed by atoms with van der Waals surface area (Å²) in [4.78, 5) is 26.2. The number of alkyl halides is 3. The fourth-order valence-electron chi connectivity index (χ4n) is 3.99. The number of benzene rings is 2. The maximum atomic E-state index is 13.2. The van der Waals surface area contributed by atoms with Crippen molar-refractivity contribution in [1.29, 1.82) is 0 Å². The van der Waals surface area contributed by atoms with Crippen LogP contribution in [0.15, 0.2) is 42.5 Å². The van der Waals surface area contributed by atoms with E-state index in [0.29, 0.717) is 18.5 Å². The number of carbonyl (C=O) groups excluding carboxylic acids is 2. The molecule has 9 heteroatoms. The summed E-state index contributed by atoms with van der Waals surface area (Å²) >= 11 is 5.94. The van der Waals surface area contributed by atoms with E-state index in [1.165, 1.54) is 36.4 Å². The number of nitrogens with zero attached hydrogens (tertiary/aromatic N) is 1. The lowest BCUT2D eigenvalue weighted by atomic mass is 9.98. The molecule has 3 amide bonds. The summed E-state index contributed by atoms with van der Waals surface area (Å²) in [6.45, 7) is -0.375. The number of nitrogens with one attached hydrogen (secondary N) is 1. The number of imide groups is 1. The molecular weight excluding hydrogens is 421 g/mol. The van der Waals surface area contributed by atoms with Crippen molar-refractivity contribution in [2.45, 2.75) is 44.0 Å². The molecule has 1 saturated carbocycles. The van der Waals surface area contributed by atoms with E-state index in [2.05, 4.69) is 5.32 Å². The lowest BCUT2D eigenvalue weighted by Crippen LogP contribution is -2.44. The first kappa shape index (κ1) is 20.5. The molecule has 0 bridgehead atoms. The van der Waals surface area contributed by atoms with E-state index in [-0.39, 0.29) is 28.8 Å². The molecule has 1 heterocycles. The van der Waals surface area contributed by atoms with Crippen molar-refractivity contribution in [2.24, 2.45) is 0 Å². The van der Waals surface area contributed by atoms with Gasteiger partial charge in [0.25, 0.3) is 5.91 Å². The first-order valence-corrected chi connectivity index (χ1v) is 9.83. The minimum atomic E-state index is -4.55. The Labute approximate surface area is 175 Å². The number of hydrogen-bond donors (Lipinski definition) is 1. The summed E-state index contributed by atoms with van der Waals surface area (Å²) in [6.07, 6.45) is -1.54. The summed E-state index contributed by atoms with van der Waals surface area (Å²) in [6, 6.07) is 9.13. The number of amides is 3. The second-order valence-electron chi connectivity index (χ2n) is 7.41. The second-order valence-corrected chi connectivity index (χ2v) is 7.81. The van der Waals surface area contributed by atoms with Gasteiger partial charge >= 0.3 is 12.2 Å². The van der Waals surface area contributed by atoms with Crippen molar-refractivity contribution in [3.8, 4) is 5.75 Å². The number of hydrogen-bond acceptors (Lipinski definition) is 3. The molecule has 158 valence electrons. The van der Waals surface area contributed by atoms with Gasteiger partial charge in [0.1, 0.15) is 17.9 Å². The van der Waals surface area contributed by atoms with Crippen LogP contribution in [0.25, 0.3) is 0 Å². The molecule has 5 nitrogen and oxygen atoms in total. The SMILES string of the molecule is O=C1NC2(CCCC2)C(=O)N1c1ccc(OCc2c(Cl)cccc2C(F)(F)F)cc1. The van der Waals surface area contributed by atoms with Crippen molar-refractivity contribution < 1.29 is 27.5 Å². The Kier molecular flexibility index (Phi) is 5.13. The van der Waals surface area contributed by atoms with E-state index < -0.39 is 23.3 Å². The van der Waals surface area contributed by atoms with Crippen LogP contribution in [0.5, 0.6) is 5.75 Å². The highest BCUT2D eigenvalue weighted by atomic mass is 35.5. The molecule has 0 unspecified atom stereocenters. The minimum Gasteiger partial charge on any atom is -0.489 e. The van der Waals surface area contributed by atoms with Crippen LogP contribution in [0, 0.1) is 0 Å². The molecule has 4 rings (SSSR count). The monoisotopic (exact) mass is 438 g/mol. The maximum Gasteiger partial charge on any atom is 0.416 e. The lowest BCUT2D eigenvalue weighted by Gasteiger charge is -2.20. The Morgan fingerprint density at radius 3 is 2.37 bits per heavy atom. The molecular formula is C21H18ClF3N2O3. The van der Waals surface area contributed by atoms with E-state index >= 15 is 0 Å². The fourth-order valence-corrected chi connectivity index (χ4v) is 4.22. The number of urea groups is 1. The first-order chi connectivity index (χ1) is 14.2. The highest BCUT2D eigenvalue weighted by molar-refractivity contribution is 6.31. The number of rotatable bonds is 4. The predicted octanol–water partition coefficient (Wildman–Crippen LogP) is 5.31. The quantitative estimate of drug-likeness (QED) is 0.658. The Morgan fingerprint density at radius 2 is 1.73 bits per heavy atom. The van der Waals surface area contributed by atoms with Gasteiger partial charge in [-0.1, -0.05) is 30.5 Å². The smallest absolute Gasteiger partial charge is 0.416 e. The number of anilines is 1. The Morgan fingerprint density at radius 1 is 1.07 bits per heavy atom. The maximum absolute atomic E-state index is 13.2. The molecule has 2 fully saturated rings. The van der Waals surface area contributed by atoms with Crippen LogP contribution >= 0.6 is 11.6 Å². The van der Waals surface area contributed by atoms with Gasteiger partial charge in [-0.15, -0.1) is 0 Å². The third-order valence-electron chi connectivity index (χ3n) is 5.52. The first-order valence-electron chi connectivity index (χ1n) is 9.45. The average molecular weight is 439 g/mol. The van der Waals surface area contributed by atoms with Crippen molar-refractivity contribution in [2.75, 3.05) is 4.90 Å². The second kappa shape index (κ2) is 7.50. The van der Waals surface area contributed by atoms with Crippen LogP contribution < -0.4 is 15.0 Å². The third-order valence-corrected chi connectivity index (χ3v) is 5.88. The van der Waals surface area contributed by atoms with Crippen LogP contribution in [-0.2, 0) is 17.6 Å². The van der Waals surface area contributed by atoms with Crippen LogP contribution in [0.2, 0.25) is 5.02 Å². The van der Waals surface area contributed by atoms with Gasteiger partial charge in [-0.05, 0) is 49.2 Å². The number of halogens is 4. The highest BCUT2D eigenvalue weighted by Crippen LogP contribution is 2.38. The summed E-state index contributed by atoms with van der Waals surface area (Å²) in [5, 5.41) is 2.76. The zero-order chi connectivity index (χ0) is 21.5. The Balaban J connectivity index is 1.49. The highest BCUT2D eigenvalue weighted by Gasteiger charge is 2.52. The third kappa shape index (κ3) is 3.60. The average Bonchev–Trinajstić information content (AvgIpc) is 3.25. The van der Waals surface area contributed by atoms with Gasteiger partial charge < -0.3 is 10.1 Å². The van der Waals surface area contributed by atoms with Crippen LogP contribution in [0.4, 0.5) is 23.7 Å². The molecule has 2 aromatic carbocycles. The van der Waals surface area contributed by atoms with Gasteiger partial charge in [0.2, 0.25) is 0 Å². The van der Waals surface area contributed by atoms with Gasteiger partial charge in [0.05, 0.1) is 11.3 Å². The number of carbonyl (C=O) groups is 2. The fraction of sp³-hybridized carbons (Fsp3) is 0.333. The molecule has 2 aliphatic rings. The van der Waals surface area contributed by atoms with Crippen molar-refractivity contribution in [1.82, 2.24) is 5.32 Å². The van der Waals surface area contributed by atoms with Crippen molar-refractivity contribution in [3.05, 3.63) is 58.6 Å². The van der Waals surface area contributed by atoms with E-state index in [0.717, 1.165) is 23.8 Å². The topological polar surface area (TPSA) is 58.6 Å². The number of ether oxygens (including phenoxy) is 1. The molecule has 30 heavy (non-hydrogen) atoms. The van der Waals surface area contributed by atoms with Gasteiger partial charge in [-0.25, -0.2) is 9.69 Å². The molecule has 1 N–H and O–H groups in total. The standard InChI is InChI=1S/C21H18ClF3N2O3/c22-17-5-3-4-16(21(23,24)25)15(17)12-30-14-8-6-13(7-9-14)27-18(28)20(26-19(27)29)10-1-2-11-20/h3-9H,1-2,10-12H2,(H,26,29). The van der Waals surface area contributed by atoms with Crippen LogP contribution in [0.3, 0.4) is 0 Å². The molecule has 1 aliphatic carbocycles. The van der Waals surface area contributed by atoms with Crippen molar-refractivity contribution in [3.63, 3.8) is 0 Å². The molecule has 0 radical (unpaired) electrons. The Hall–Kier alpha value is -2.74. The van der Waals surface area contributed by atoms with Crippen molar-refractivity contribution >= 4 is 29.2 Å². The van der Waals surface area contributed by atoms with Gasteiger partial charge in [0, 0.05) is 10.6 Å². The summed E-state index contributed by atoms with van der Waals surface area (Å²) in [5.41, 5.74) is -1.45. The van der Waals surface area contributed by atoms with Gasteiger partial charge in [-0.3, -0.25) is 4.79 Å². The van der Waals surface area contributed by atoms with Gasteiger partial charge in [-0.2, -0.15) is 13.2 Å². The zero-order valence-electron chi connectivity index (χ0n) is 15.8.